The van der Waals surface area contributed by atoms with E-state index in [1.165, 1.54) is 5.69 Å². The highest BCUT2D eigenvalue weighted by molar-refractivity contribution is 5.95. The molecule has 6 rings (SSSR count). The van der Waals surface area contributed by atoms with Crippen molar-refractivity contribution in [3.63, 3.8) is 0 Å². The molecule has 5 aromatic rings. The van der Waals surface area contributed by atoms with E-state index in [1.54, 1.807) is 0 Å². The number of imidazole rings is 1. The molecule has 1 aromatic carbocycles. The molecule has 8 heteroatoms. The van der Waals surface area contributed by atoms with Gasteiger partial charge >= 0.3 is 0 Å². The summed E-state index contributed by atoms with van der Waals surface area (Å²) in [5.41, 5.74) is 7.10. The van der Waals surface area contributed by atoms with Crippen molar-refractivity contribution in [1.82, 2.24) is 29.4 Å². The predicted molar refractivity (Wildman–Crippen MR) is 147 cm³/mol. The lowest BCUT2D eigenvalue weighted by molar-refractivity contribution is 0.313. The van der Waals surface area contributed by atoms with Crippen molar-refractivity contribution in [2.45, 2.75) is 26.8 Å². The molecule has 184 valence electrons. The van der Waals surface area contributed by atoms with Crippen LogP contribution in [0.4, 0.5) is 17.2 Å². The molecule has 1 aliphatic rings. The summed E-state index contributed by atoms with van der Waals surface area (Å²) in [6, 6.07) is 15.2. The number of piperazine rings is 1. The number of aryl methyl sites for hydroxylation is 1. The SMILES string of the molecule is Cc1nc2cnc(-c3c[nH]c4nc(Nc5cccc(N6CCN(C)CC6)c5)ccc34)cc2n1C(C)C. The molecule has 8 nitrogen and oxygen atoms in total. The lowest BCUT2D eigenvalue weighted by atomic mass is 10.1. The van der Waals surface area contributed by atoms with Gasteiger partial charge in [-0.1, -0.05) is 6.07 Å². The zero-order valence-corrected chi connectivity index (χ0v) is 21.3. The van der Waals surface area contributed by atoms with E-state index < -0.39 is 0 Å². The van der Waals surface area contributed by atoms with Gasteiger partial charge in [-0.15, -0.1) is 0 Å². The fourth-order valence-electron chi connectivity index (χ4n) is 5.20. The quantitative estimate of drug-likeness (QED) is 0.353. The predicted octanol–water partition coefficient (Wildman–Crippen LogP) is 5.36. The summed E-state index contributed by atoms with van der Waals surface area (Å²) in [4.78, 5) is 22.4. The molecular formula is C28H32N8. The molecule has 0 amide bonds. The van der Waals surface area contributed by atoms with Gasteiger partial charge in [0, 0.05) is 60.7 Å². The monoisotopic (exact) mass is 480 g/mol. The average molecular weight is 481 g/mol. The molecule has 0 unspecified atom stereocenters. The maximum atomic E-state index is 4.85. The second kappa shape index (κ2) is 8.95. The van der Waals surface area contributed by atoms with E-state index in [2.05, 4.69) is 86.9 Å². The minimum atomic E-state index is 0.332. The van der Waals surface area contributed by atoms with Crippen molar-refractivity contribution >= 4 is 39.3 Å². The number of hydrogen-bond donors (Lipinski definition) is 2. The summed E-state index contributed by atoms with van der Waals surface area (Å²) in [5, 5.41) is 4.53. The van der Waals surface area contributed by atoms with E-state index in [1.807, 2.05) is 25.4 Å². The van der Waals surface area contributed by atoms with Crippen LogP contribution in [0.2, 0.25) is 0 Å². The van der Waals surface area contributed by atoms with Gasteiger partial charge in [-0.3, -0.25) is 4.98 Å². The number of rotatable bonds is 5. The Kier molecular flexibility index (Phi) is 5.60. The van der Waals surface area contributed by atoms with E-state index >= 15 is 0 Å². The van der Waals surface area contributed by atoms with Crippen LogP contribution < -0.4 is 10.2 Å². The van der Waals surface area contributed by atoms with Crippen LogP contribution in [0.15, 0.2) is 54.9 Å². The van der Waals surface area contributed by atoms with Crippen molar-refractivity contribution in [2.75, 3.05) is 43.4 Å². The van der Waals surface area contributed by atoms with Crippen LogP contribution in [0.1, 0.15) is 25.7 Å². The normalized spacial score (nSPS) is 14.9. The second-order valence-electron chi connectivity index (χ2n) is 9.94. The minimum absolute atomic E-state index is 0.332. The van der Waals surface area contributed by atoms with E-state index in [0.29, 0.717) is 6.04 Å². The highest BCUT2D eigenvalue weighted by Crippen LogP contribution is 2.31. The van der Waals surface area contributed by atoms with Crippen LogP contribution in [0, 0.1) is 6.92 Å². The second-order valence-corrected chi connectivity index (χ2v) is 9.94. The molecule has 1 fully saturated rings. The first-order valence-corrected chi connectivity index (χ1v) is 12.6. The highest BCUT2D eigenvalue weighted by atomic mass is 15.2. The van der Waals surface area contributed by atoms with Crippen LogP contribution in [0.5, 0.6) is 0 Å². The lowest BCUT2D eigenvalue weighted by Gasteiger charge is -2.34. The lowest BCUT2D eigenvalue weighted by Crippen LogP contribution is -2.44. The van der Waals surface area contributed by atoms with Crippen LogP contribution in [-0.2, 0) is 0 Å². The Morgan fingerprint density at radius 3 is 2.64 bits per heavy atom. The van der Waals surface area contributed by atoms with Gasteiger partial charge in [0.25, 0.3) is 0 Å². The fraction of sp³-hybridized carbons (Fsp3) is 0.321. The van der Waals surface area contributed by atoms with Crippen LogP contribution in [0.3, 0.4) is 0 Å². The number of nitrogens with one attached hydrogen (secondary N) is 2. The minimum Gasteiger partial charge on any atom is -0.369 e. The van der Waals surface area contributed by atoms with Crippen molar-refractivity contribution in [1.29, 1.82) is 0 Å². The Bertz CT molecular complexity index is 1540. The van der Waals surface area contributed by atoms with Crippen LogP contribution in [0.25, 0.3) is 33.3 Å². The smallest absolute Gasteiger partial charge is 0.140 e. The third kappa shape index (κ3) is 4.07. The maximum absolute atomic E-state index is 4.85. The van der Waals surface area contributed by atoms with Gasteiger partial charge in [0.2, 0.25) is 0 Å². The first-order chi connectivity index (χ1) is 17.5. The van der Waals surface area contributed by atoms with E-state index in [-0.39, 0.29) is 0 Å². The molecule has 0 saturated carbocycles. The third-order valence-electron chi connectivity index (χ3n) is 7.07. The molecule has 1 saturated heterocycles. The third-order valence-corrected chi connectivity index (χ3v) is 7.07. The van der Waals surface area contributed by atoms with Crippen molar-refractivity contribution in [3.05, 3.63) is 60.7 Å². The molecule has 0 radical (unpaired) electrons. The zero-order valence-electron chi connectivity index (χ0n) is 21.3. The van der Waals surface area contributed by atoms with Crippen molar-refractivity contribution in [2.24, 2.45) is 0 Å². The van der Waals surface area contributed by atoms with Crippen LogP contribution >= 0.6 is 0 Å². The zero-order chi connectivity index (χ0) is 24.8. The van der Waals surface area contributed by atoms with E-state index in [0.717, 1.165) is 76.8 Å². The Morgan fingerprint density at radius 2 is 1.83 bits per heavy atom. The Morgan fingerprint density at radius 1 is 1.00 bits per heavy atom. The summed E-state index contributed by atoms with van der Waals surface area (Å²) < 4.78 is 2.26. The Balaban J connectivity index is 1.27. The number of aromatic amines is 1. The van der Waals surface area contributed by atoms with Gasteiger partial charge in [-0.25, -0.2) is 9.97 Å². The molecular weight excluding hydrogens is 448 g/mol. The molecule has 2 N–H and O–H groups in total. The van der Waals surface area contributed by atoms with Gasteiger partial charge in [-0.2, -0.15) is 0 Å². The number of benzene rings is 1. The Labute approximate surface area is 211 Å². The summed E-state index contributed by atoms with van der Waals surface area (Å²) in [6.45, 7) is 10.7. The van der Waals surface area contributed by atoms with Gasteiger partial charge in [0.15, 0.2) is 0 Å². The summed E-state index contributed by atoms with van der Waals surface area (Å²) >= 11 is 0. The number of pyridine rings is 2. The van der Waals surface area contributed by atoms with E-state index in [4.69, 9.17) is 9.97 Å². The largest absolute Gasteiger partial charge is 0.369 e. The van der Waals surface area contributed by atoms with Crippen molar-refractivity contribution < 1.29 is 0 Å². The van der Waals surface area contributed by atoms with Gasteiger partial charge in [0.1, 0.15) is 22.8 Å². The Hall–Kier alpha value is -3.91. The van der Waals surface area contributed by atoms with Gasteiger partial charge in [-0.05, 0) is 64.2 Å². The summed E-state index contributed by atoms with van der Waals surface area (Å²) in [6.07, 6.45) is 3.86. The number of aromatic nitrogens is 5. The number of likely N-dealkylation sites (N-methyl/N-ethyl adjacent to an activating group) is 1. The first kappa shape index (κ1) is 22.5. The average Bonchev–Trinajstić information content (AvgIpc) is 3.44. The molecule has 1 aliphatic heterocycles. The first-order valence-electron chi connectivity index (χ1n) is 12.6. The maximum Gasteiger partial charge on any atom is 0.140 e. The van der Waals surface area contributed by atoms with Gasteiger partial charge < -0.3 is 24.7 Å². The molecule has 0 bridgehead atoms. The standard InChI is InChI=1S/C28H32N8/c1-18(2)36-19(3)31-25-17-29-24(15-26(25)36)23-16-30-28-22(23)8-9-27(33-28)32-20-6-5-7-21(14-20)35-12-10-34(4)11-13-35/h5-9,14-18H,10-13H2,1-4H3,(H2,30,32,33). The molecule has 0 atom stereocenters. The summed E-state index contributed by atoms with van der Waals surface area (Å²) in [7, 11) is 2.18. The number of H-pyrrole nitrogens is 1. The van der Waals surface area contributed by atoms with Crippen molar-refractivity contribution in [3.8, 4) is 11.3 Å². The highest BCUT2D eigenvalue weighted by Gasteiger charge is 2.16. The molecule has 5 heterocycles. The topological polar surface area (TPSA) is 77.9 Å². The molecule has 0 spiro atoms. The summed E-state index contributed by atoms with van der Waals surface area (Å²) in [5.74, 6) is 1.82. The number of hydrogen-bond acceptors (Lipinski definition) is 6. The number of nitrogens with zero attached hydrogens (tertiary/aromatic N) is 6. The molecule has 4 aromatic heterocycles. The van der Waals surface area contributed by atoms with E-state index in [9.17, 15) is 0 Å². The number of anilines is 3. The van der Waals surface area contributed by atoms with Crippen LogP contribution in [-0.4, -0.2) is 62.6 Å². The fourth-order valence-corrected chi connectivity index (χ4v) is 5.20. The number of fused-ring (bicyclic) bond motifs is 2. The molecule has 0 aliphatic carbocycles. The van der Waals surface area contributed by atoms with Gasteiger partial charge in [0.05, 0.1) is 17.4 Å². The molecule has 36 heavy (non-hydrogen) atoms.